The molecule has 26 heavy (non-hydrogen) atoms. The summed E-state index contributed by atoms with van der Waals surface area (Å²) in [6.07, 6.45) is 2.05. The molecule has 1 amide bonds. The summed E-state index contributed by atoms with van der Waals surface area (Å²) >= 11 is 0. The Morgan fingerprint density at radius 3 is 2.62 bits per heavy atom. The SMILES string of the molecule is O=C(NC1CCS(=O)(=O)C1)C1CN(c2cc(-c3ccccc3)ncn2)C1. The number of nitrogens with zero attached hydrogens (tertiary/aromatic N) is 3. The number of hydrogen-bond acceptors (Lipinski definition) is 6. The van der Waals surface area contributed by atoms with E-state index >= 15 is 0 Å². The second-order valence-electron chi connectivity index (χ2n) is 6.84. The van der Waals surface area contributed by atoms with Gasteiger partial charge in [-0.2, -0.15) is 0 Å². The second kappa shape index (κ2) is 6.68. The van der Waals surface area contributed by atoms with Crippen LogP contribution in [0.25, 0.3) is 11.3 Å². The van der Waals surface area contributed by atoms with Crippen LogP contribution in [0.3, 0.4) is 0 Å². The molecule has 0 radical (unpaired) electrons. The van der Waals surface area contributed by atoms with E-state index in [0.717, 1.165) is 17.1 Å². The first-order valence-electron chi connectivity index (χ1n) is 8.63. The molecule has 2 aromatic rings. The van der Waals surface area contributed by atoms with Crippen LogP contribution in [-0.2, 0) is 14.6 Å². The molecule has 0 bridgehead atoms. The Bertz CT molecular complexity index is 911. The predicted molar refractivity (Wildman–Crippen MR) is 98.4 cm³/mol. The number of rotatable bonds is 4. The van der Waals surface area contributed by atoms with Crippen molar-refractivity contribution in [1.82, 2.24) is 15.3 Å². The van der Waals surface area contributed by atoms with Gasteiger partial charge in [-0.1, -0.05) is 30.3 Å². The highest BCUT2D eigenvalue weighted by Gasteiger charge is 2.36. The van der Waals surface area contributed by atoms with Gasteiger partial charge in [0.1, 0.15) is 12.1 Å². The highest BCUT2D eigenvalue weighted by molar-refractivity contribution is 7.91. The normalized spacial score (nSPS) is 22.0. The summed E-state index contributed by atoms with van der Waals surface area (Å²) in [5, 5.41) is 2.87. The topological polar surface area (TPSA) is 92.3 Å². The molecule has 1 atom stereocenters. The Morgan fingerprint density at radius 1 is 1.15 bits per heavy atom. The van der Waals surface area contributed by atoms with Gasteiger partial charge in [0, 0.05) is 30.8 Å². The molecule has 4 rings (SSSR count). The third kappa shape index (κ3) is 3.55. The molecule has 2 aliphatic heterocycles. The summed E-state index contributed by atoms with van der Waals surface area (Å²) in [6.45, 7) is 1.16. The molecule has 1 unspecified atom stereocenters. The number of hydrogen-bond donors (Lipinski definition) is 1. The number of anilines is 1. The van der Waals surface area contributed by atoms with Crippen molar-refractivity contribution in [1.29, 1.82) is 0 Å². The number of sulfone groups is 1. The fourth-order valence-corrected chi connectivity index (χ4v) is 5.02. The molecule has 136 valence electrons. The standard InChI is InChI=1S/C18H20N4O3S/c23-18(21-15-6-7-26(24,25)11-15)14-9-22(10-14)17-8-16(19-12-20-17)13-4-2-1-3-5-13/h1-5,8,12,14-15H,6-7,9-11H2,(H,21,23). The molecule has 2 aliphatic rings. The van der Waals surface area contributed by atoms with Crippen LogP contribution in [0, 0.1) is 5.92 Å². The first kappa shape index (κ1) is 17.0. The maximum Gasteiger partial charge on any atom is 0.226 e. The number of nitrogens with one attached hydrogen (secondary N) is 1. The third-order valence-corrected chi connectivity index (χ3v) is 6.65. The first-order chi connectivity index (χ1) is 12.5. The van der Waals surface area contributed by atoms with Gasteiger partial charge < -0.3 is 10.2 Å². The molecule has 1 N–H and O–H groups in total. The number of aromatic nitrogens is 2. The van der Waals surface area contributed by atoms with E-state index in [0.29, 0.717) is 19.5 Å². The molecule has 0 aliphatic carbocycles. The van der Waals surface area contributed by atoms with Crippen LogP contribution in [0.1, 0.15) is 6.42 Å². The average molecular weight is 372 g/mol. The van der Waals surface area contributed by atoms with Crippen LogP contribution in [0.5, 0.6) is 0 Å². The zero-order valence-corrected chi connectivity index (χ0v) is 15.0. The smallest absolute Gasteiger partial charge is 0.226 e. The summed E-state index contributed by atoms with van der Waals surface area (Å²) in [5.41, 5.74) is 1.87. The summed E-state index contributed by atoms with van der Waals surface area (Å²) in [6, 6.07) is 11.6. The van der Waals surface area contributed by atoms with E-state index < -0.39 is 9.84 Å². The second-order valence-corrected chi connectivity index (χ2v) is 9.07. The Hall–Kier alpha value is -2.48. The molecule has 3 heterocycles. The van der Waals surface area contributed by atoms with E-state index in [1.54, 1.807) is 0 Å². The molecule has 2 fully saturated rings. The summed E-state index contributed by atoms with van der Waals surface area (Å²) < 4.78 is 23.0. The van der Waals surface area contributed by atoms with Gasteiger partial charge in [0.15, 0.2) is 9.84 Å². The molecule has 0 saturated carbocycles. The Kier molecular flexibility index (Phi) is 4.36. The molecule has 0 spiro atoms. The molecule has 1 aromatic carbocycles. The van der Waals surface area contributed by atoms with Gasteiger partial charge in [0.25, 0.3) is 0 Å². The van der Waals surface area contributed by atoms with Crippen molar-refractivity contribution in [3.63, 3.8) is 0 Å². The van der Waals surface area contributed by atoms with E-state index in [2.05, 4.69) is 15.3 Å². The van der Waals surface area contributed by atoms with Gasteiger partial charge in [-0.15, -0.1) is 0 Å². The van der Waals surface area contributed by atoms with E-state index in [1.807, 2.05) is 41.3 Å². The lowest BCUT2D eigenvalue weighted by Crippen LogP contribution is -2.55. The van der Waals surface area contributed by atoms with Crippen LogP contribution in [-0.4, -0.2) is 54.9 Å². The highest BCUT2D eigenvalue weighted by atomic mass is 32.2. The average Bonchev–Trinajstić information content (AvgIpc) is 2.93. The molecule has 8 heteroatoms. The fraction of sp³-hybridized carbons (Fsp3) is 0.389. The van der Waals surface area contributed by atoms with Gasteiger partial charge in [-0.05, 0) is 6.42 Å². The Morgan fingerprint density at radius 2 is 1.92 bits per heavy atom. The number of amides is 1. The summed E-state index contributed by atoms with van der Waals surface area (Å²) in [4.78, 5) is 22.9. The maximum absolute atomic E-state index is 12.3. The Labute approximate surface area is 152 Å². The quantitative estimate of drug-likeness (QED) is 0.857. The summed E-state index contributed by atoms with van der Waals surface area (Å²) in [7, 11) is -2.98. The molecule has 1 aromatic heterocycles. The number of carbonyl (C=O) groups is 1. The molecule has 2 saturated heterocycles. The van der Waals surface area contributed by atoms with Crippen molar-refractivity contribution in [2.24, 2.45) is 5.92 Å². The van der Waals surface area contributed by atoms with Crippen LogP contribution in [0.2, 0.25) is 0 Å². The van der Waals surface area contributed by atoms with E-state index in [9.17, 15) is 13.2 Å². The first-order valence-corrected chi connectivity index (χ1v) is 10.5. The zero-order valence-electron chi connectivity index (χ0n) is 14.2. The molecule has 7 nitrogen and oxygen atoms in total. The van der Waals surface area contributed by atoms with E-state index in [4.69, 9.17) is 0 Å². The van der Waals surface area contributed by atoms with Gasteiger partial charge in [0.05, 0.1) is 23.1 Å². The lowest BCUT2D eigenvalue weighted by atomic mass is 9.98. The lowest BCUT2D eigenvalue weighted by molar-refractivity contribution is -0.126. The largest absolute Gasteiger partial charge is 0.355 e. The minimum absolute atomic E-state index is 0.0571. The third-order valence-electron chi connectivity index (χ3n) is 4.88. The number of carbonyl (C=O) groups excluding carboxylic acids is 1. The summed E-state index contributed by atoms with van der Waals surface area (Å²) in [5.74, 6) is 0.819. The monoisotopic (exact) mass is 372 g/mol. The highest BCUT2D eigenvalue weighted by Crippen LogP contribution is 2.26. The molecular formula is C18H20N4O3S. The van der Waals surface area contributed by atoms with Gasteiger partial charge in [-0.3, -0.25) is 4.79 Å². The van der Waals surface area contributed by atoms with Crippen LogP contribution >= 0.6 is 0 Å². The minimum Gasteiger partial charge on any atom is -0.355 e. The Balaban J connectivity index is 1.35. The van der Waals surface area contributed by atoms with Crippen molar-refractivity contribution < 1.29 is 13.2 Å². The van der Waals surface area contributed by atoms with E-state index in [1.165, 1.54) is 6.33 Å². The van der Waals surface area contributed by atoms with Gasteiger partial charge >= 0.3 is 0 Å². The van der Waals surface area contributed by atoms with Gasteiger partial charge in [0.2, 0.25) is 5.91 Å². The van der Waals surface area contributed by atoms with Crippen LogP contribution < -0.4 is 10.2 Å². The van der Waals surface area contributed by atoms with Crippen molar-refractivity contribution in [3.05, 3.63) is 42.7 Å². The predicted octanol–water partition coefficient (Wildman–Crippen LogP) is 0.883. The van der Waals surface area contributed by atoms with Crippen LogP contribution in [0.4, 0.5) is 5.82 Å². The zero-order chi connectivity index (χ0) is 18.1. The van der Waals surface area contributed by atoms with Gasteiger partial charge in [-0.25, -0.2) is 18.4 Å². The number of benzene rings is 1. The lowest BCUT2D eigenvalue weighted by Gasteiger charge is -2.39. The van der Waals surface area contributed by atoms with E-state index in [-0.39, 0.29) is 29.4 Å². The van der Waals surface area contributed by atoms with Crippen molar-refractivity contribution in [2.75, 3.05) is 29.5 Å². The maximum atomic E-state index is 12.3. The fourth-order valence-electron chi connectivity index (χ4n) is 3.35. The van der Waals surface area contributed by atoms with Crippen LogP contribution in [0.15, 0.2) is 42.7 Å². The molecular weight excluding hydrogens is 352 g/mol. The van der Waals surface area contributed by atoms with Crippen molar-refractivity contribution >= 4 is 21.6 Å². The van der Waals surface area contributed by atoms with Crippen molar-refractivity contribution in [2.45, 2.75) is 12.5 Å². The minimum atomic E-state index is -2.98. The van der Waals surface area contributed by atoms with Crippen molar-refractivity contribution in [3.8, 4) is 11.3 Å².